The van der Waals surface area contributed by atoms with Gasteiger partial charge in [0, 0.05) is 16.6 Å². The van der Waals surface area contributed by atoms with Gasteiger partial charge < -0.3 is 5.73 Å². The van der Waals surface area contributed by atoms with Crippen LogP contribution in [0.25, 0.3) is 0 Å². The minimum Gasteiger partial charge on any atom is -0.374 e. The molecule has 0 radical (unpaired) electrons. The molecular weight excluding hydrogens is 282 g/mol. The van der Waals surface area contributed by atoms with Gasteiger partial charge in [0.1, 0.15) is 0 Å². The third kappa shape index (κ3) is 2.93. The summed E-state index contributed by atoms with van der Waals surface area (Å²) >= 11 is 6.57. The van der Waals surface area contributed by atoms with Crippen molar-refractivity contribution < 1.29 is 8.42 Å². The number of halogens is 1. The zero-order chi connectivity index (χ0) is 12.5. The predicted molar refractivity (Wildman–Crippen MR) is 66.7 cm³/mol. The molecule has 1 aromatic carbocycles. The van der Waals surface area contributed by atoms with Crippen LogP contribution >= 0.6 is 23.1 Å². The molecule has 2 aromatic rings. The number of benzene rings is 1. The maximum atomic E-state index is 11.9. The Bertz CT molecular complexity index is 622. The maximum Gasteiger partial charge on any atom is 0.261 e. The van der Waals surface area contributed by atoms with E-state index < -0.39 is 9.84 Å². The predicted octanol–water partition coefficient (Wildman–Crippen LogP) is 1.75. The highest BCUT2D eigenvalue weighted by molar-refractivity contribution is 7.90. The Morgan fingerprint density at radius 1 is 1.29 bits per heavy atom. The summed E-state index contributed by atoms with van der Waals surface area (Å²) in [6.07, 6.45) is 0. The lowest BCUT2D eigenvalue weighted by atomic mass is 10.2. The summed E-state index contributed by atoms with van der Waals surface area (Å²) in [5.41, 5.74) is 5.98. The molecule has 0 aliphatic rings. The van der Waals surface area contributed by atoms with Gasteiger partial charge in [0.2, 0.25) is 15.0 Å². The largest absolute Gasteiger partial charge is 0.374 e. The van der Waals surface area contributed by atoms with Gasteiger partial charge in [0.15, 0.2) is 0 Å². The molecule has 0 atom stereocenters. The first kappa shape index (κ1) is 12.3. The molecule has 0 saturated carbocycles. The molecule has 0 aliphatic carbocycles. The summed E-state index contributed by atoms with van der Waals surface area (Å²) in [5.74, 6) is -0.166. The average Bonchev–Trinajstić information content (AvgIpc) is 2.69. The molecule has 1 aromatic heterocycles. The van der Waals surface area contributed by atoms with Gasteiger partial charge in [-0.05, 0) is 17.7 Å². The fourth-order valence-electron chi connectivity index (χ4n) is 1.21. The lowest BCUT2D eigenvalue weighted by molar-refractivity contribution is 0.588. The number of nitrogens with zero attached hydrogens (tertiary/aromatic N) is 2. The standard InChI is InChI=1S/C9H8ClN3O2S2/c10-7-3-1-6(2-4-7)5-17(14,15)9-12-8(11)16-13-9/h1-4H,5H2,(H2,11,12,13). The summed E-state index contributed by atoms with van der Waals surface area (Å²) in [6, 6.07) is 6.57. The normalized spacial score (nSPS) is 11.6. The van der Waals surface area contributed by atoms with Gasteiger partial charge in [0.05, 0.1) is 5.75 Å². The van der Waals surface area contributed by atoms with E-state index in [9.17, 15) is 8.42 Å². The van der Waals surface area contributed by atoms with E-state index in [1.807, 2.05) is 0 Å². The third-order valence-corrected chi connectivity index (χ3v) is 4.33. The molecule has 0 fully saturated rings. The van der Waals surface area contributed by atoms with Crippen molar-refractivity contribution in [3.8, 4) is 0 Å². The van der Waals surface area contributed by atoms with Crippen LogP contribution in [-0.4, -0.2) is 17.8 Å². The molecule has 8 heteroatoms. The summed E-state index contributed by atoms with van der Waals surface area (Å²) < 4.78 is 27.5. The molecule has 90 valence electrons. The molecule has 0 bridgehead atoms. The van der Waals surface area contributed by atoms with E-state index >= 15 is 0 Å². The Morgan fingerprint density at radius 3 is 2.47 bits per heavy atom. The van der Waals surface area contributed by atoms with Crippen molar-refractivity contribution in [2.75, 3.05) is 5.73 Å². The van der Waals surface area contributed by atoms with Crippen molar-refractivity contribution in [1.29, 1.82) is 0 Å². The number of aromatic nitrogens is 2. The van der Waals surface area contributed by atoms with E-state index in [-0.39, 0.29) is 16.0 Å². The quantitative estimate of drug-likeness (QED) is 0.930. The highest BCUT2D eigenvalue weighted by atomic mass is 35.5. The summed E-state index contributed by atoms with van der Waals surface area (Å²) in [6.45, 7) is 0. The molecule has 0 spiro atoms. The van der Waals surface area contributed by atoms with Crippen LogP contribution in [0, 0.1) is 0 Å². The SMILES string of the molecule is Nc1nc(S(=O)(=O)Cc2ccc(Cl)cc2)ns1. The lowest BCUT2D eigenvalue weighted by Crippen LogP contribution is -2.07. The summed E-state index contributed by atoms with van der Waals surface area (Å²) in [7, 11) is -3.54. The average molecular weight is 290 g/mol. The molecule has 0 amide bonds. The number of hydrogen-bond donors (Lipinski definition) is 1. The van der Waals surface area contributed by atoms with E-state index in [1.165, 1.54) is 0 Å². The van der Waals surface area contributed by atoms with Crippen molar-refractivity contribution in [3.63, 3.8) is 0 Å². The molecule has 1 heterocycles. The highest BCUT2D eigenvalue weighted by Crippen LogP contribution is 2.18. The molecule has 0 unspecified atom stereocenters. The number of hydrogen-bond acceptors (Lipinski definition) is 6. The summed E-state index contributed by atoms with van der Waals surface area (Å²) in [5, 5.41) is 0.469. The van der Waals surface area contributed by atoms with Crippen LogP contribution in [0.2, 0.25) is 5.02 Å². The molecule has 17 heavy (non-hydrogen) atoms. The Labute approximate surface area is 107 Å². The molecule has 5 nitrogen and oxygen atoms in total. The van der Waals surface area contributed by atoms with Crippen LogP contribution in [-0.2, 0) is 15.6 Å². The number of sulfone groups is 1. The van der Waals surface area contributed by atoms with Crippen molar-refractivity contribution >= 4 is 38.1 Å². The van der Waals surface area contributed by atoms with Gasteiger partial charge in [-0.2, -0.15) is 9.36 Å². The van der Waals surface area contributed by atoms with Gasteiger partial charge in [-0.1, -0.05) is 23.7 Å². The first-order valence-electron chi connectivity index (χ1n) is 4.54. The van der Waals surface area contributed by atoms with Crippen molar-refractivity contribution in [3.05, 3.63) is 34.9 Å². The van der Waals surface area contributed by atoms with Crippen LogP contribution in [0.4, 0.5) is 5.13 Å². The van der Waals surface area contributed by atoms with Crippen molar-refractivity contribution in [1.82, 2.24) is 9.36 Å². The van der Waals surface area contributed by atoms with Crippen LogP contribution in [0.3, 0.4) is 0 Å². The zero-order valence-electron chi connectivity index (χ0n) is 8.50. The van der Waals surface area contributed by atoms with E-state index in [0.717, 1.165) is 11.5 Å². The van der Waals surface area contributed by atoms with Crippen molar-refractivity contribution in [2.45, 2.75) is 10.9 Å². The molecular formula is C9H8ClN3O2S2. The first-order valence-corrected chi connectivity index (χ1v) is 7.34. The van der Waals surface area contributed by atoms with E-state index in [2.05, 4.69) is 9.36 Å². The Kier molecular flexibility index (Phi) is 3.32. The Balaban J connectivity index is 2.26. The summed E-state index contributed by atoms with van der Waals surface area (Å²) in [4.78, 5) is 3.67. The monoisotopic (exact) mass is 289 g/mol. The van der Waals surface area contributed by atoms with Crippen LogP contribution in [0.5, 0.6) is 0 Å². The van der Waals surface area contributed by atoms with Gasteiger partial charge in [-0.3, -0.25) is 0 Å². The second-order valence-electron chi connectivity index (χ2n) is 3.30. The number of nitrogen functional groups attached to an aromatic ring is 1. The fraction of sp³-hybridized carbons (Fsp3) is 0.111. The second kappa shape index (κ2) is 4.59. The van der Waals surface area contributed by atoms with Gasteiger partial charge >= 0.3 is 0 Å². The maximum absolute atomic E-state index is 11.9. The molecule has 0 saturated heterocycles. The first-order chi connectivity index (χ1) is 7.97. The zero-order valence-corrected chi connectivity index (χ0v) is 10.9. The fourth-order valence-corrected chi connectivity index (χ4v) is 3.30. The smallest absolute Gasteiger partial charge is 0.261 e. The Morgan fingerprint density at radius 2 is 1.94 bits per heavy atom. The third-order valence-electron chi connectivity index (χ3n) is 1.97. The molecule has 2 rings (SSSR count). The number of anilines is 1. The van der Waals surface area contributed by atoms with E-state index in [4.69, 9.17) is 17.3 Å². The topological polar surface area (TPSA) is 85.9 Å². The molecule has 0 aliphatic heterocycles. The van der Waals surface area contributed by atoms with Gasteiger partial charge in [-0.15, -0.1) is 0 Å². The van der Waals surface area contributed by atoms with Gasteiger partial charge in [-0.25, -0.2) is 8.42 Å². The number of rotatable bonds is 3. The van der Waals surface area contributed by atoms with Crippen LogP contribution in [0.15, 0.2) is 29.4 Å². The van der Waals surface area contributed by atoms with Crippen molar-refractivity contribution in [2.24, 2.45) is 0 Å². The second-order valence-corrected chi connectivity index (χ2v) is 6.40. The Hall–Kier alpha value is -1.18. The van der Waals surface area contributed by atoms with Crippen LogP contribution < -0.4 is 5.73 Å². The minimum atomic E-state index is -3.54. The van der Waals surface area contributed by atoms with E-state index in [1.54, 1.807) is 24.3 Å². The van der Waals surface area contributed by atoms with Crippen LogP contribution in [0.1, 0.15) is 5.56 Å². The van der Waals surface area contributed by atoms with Gasteiger partial charge in [0.25, 0.3) is 5.16 Å². The lowest BCUT2D eigenvalue weighted by Gasteiger charge is -2.00. The highest BCUT2D eigenvalue weighted by Gasteiger charge is 2.20. The van der Waals surface area contributed by atoms with E-state index in [0.29, 0.717) is 10.6 Å². The minimum absolute atomic E-state index is 0.139. The number of nitrogens with two attached hydrogens (primary N) is 1. The molecule has 2 N–H and O–H groups in total.